The fourth-order valence-corrected chi connectivity index (χ4v) is 1.31. The molecule has 0 bridgehead atoms. The minimum atomic E-state index is -1.61. The summed E-state index contributed by atoms with van der Waals surface area (Å²) in [5, 5.41) is 18.0. The highest BCUT2D eigenvalue weighted by atomic mass is 16.5. The van der Waals surface area contributed by atoms with Gasteiger partial charge in [0, 0.05) is 11.6 Å². The summed E-state index contributed by atoms with van der Waals surface area (Å²) >= 11 is 0. The molecule has 5 heteroatoms. The van der Waals surface area contributed by atoms with Crippen LogP contribution < -0.4 is 4.74 Å². The van der Waals surface area contributed by atoms with Crippen LogP contribution in [0.15, 0.2) is 24.3 Å². The summed E-state index contributed by atoms with van der Waals surface area (Å²) < 4.78 is 4.99. The molecule has 0 aromatic heterocycles. The topological polar surface area (TPSA) is 83.8 Å². The average Bonchev–Trinajstić information content (AvgIpc) is 2.28. The Morgan fingerprint density at radius 3 is 2.41 bits per heavy atom. The van der Waals surface area contributed by atoms with Gasteiger partial charge < -0.3 is 14.9 Å². The first-order valence-electron chi connectivity index (χ1n) is 4.78. The summed E-state index contributed by atoms with van der Waals surface area (Å²) in [6.45, 7) is 1.72. The molecule has 90 valence electrons. The molecule has 17 heavy (non-hydrogen) atoms. The molecule has 0 aliphatic rings. The van der Waals surface area contributed by atoms with Crippen LogP contribution in [0, 0.1) is 6.92 Å². The first kappa shape index (κ1) is 12.8. The van der Waals surface area contributed by atoms with Crippen molar-refractivity contribution in [1.29, 1.82) is 0 Å². The number of ether oxygens (including phenoxy) is 1. The number of methoxy groups -OCH3 is 1. The van der Waals surface area contributed by atoms with Crippen molar-refractivity contribution < 1.29 is 24.5 Å². The lowest BCUT2D eigenvalue weighted by Gasteiger charge is -2.06. The Labute approximate surface area is 98.0 Å². The second-order valence-corrected chi connectivity index (χ2v) is 3.38. The molecular formula is C12H12O5. The summed E-state index contributed by atoms with van der Waals surface area (Å²) in [6.07, 6.45) is 0.678. The van der Waals surface area contributed by atoms with Gasteiger partial charge in [-0.15, -0.1) is 0 Å². The summed E-state index contributed by atoms with van der Waals surface area (Å²) in [4.78, 5) is 21.2. The Balaban J connectivity index is 3.08. The smallest absolute Gasteiger partial charge is 0.376 e. The molecule has 0 heterocycles. The SMILES string of the molecule is COc1ccc(C(O)=CC(=O)C(=O)O)c(C)c1. The van der Waals surface area contributed by atoms with E-state index >= 15 is 0 Å². The zero-order chi connectivity index (χ0) is 13.0. The van der Waals surface area contributed by atoms with Crippen molar-refractivity contribution in [2.75, 3.05) is 7.11 Å². The maximum atomic E-state index is 10.9. The molecule has 5 nitrogen and oxygen atoms in total. The van der Waals surface area contributed by atoms with Crippen molar-refractivity contribution in [2.45, 2.75) is 6.92 Å². The third-order valence-corrected chi connectivity index (χ3v) is 2.19. The monoisotopic (exact) mass is 236 g/mol. The third kappa shape index (κ3) is 3.07. The van der Waals surface area contributed by atoms with Crippen LogP contribution >= 0.6 is 0 Å². The minimum absolute atomic E-state index is 0.377. The number of carboxylic acids is 1. The average molecular weight is 236 g/mol. The molecule has 0 unspecified atom stereocenters. The number of hydrogen-bond acceptors (Lipinski definition) is 4. The number of rotatable bonds is 4. The van der Waals surface area contributed by atoms with Gasteiger partial charge in [0.1, 0.15) is 11.5 Å². The molecule has 2 N–H and O–H groups in total. The molecule has 0 fully saturated rings. The van der Waals surface area contributed by atoms with Gasteiger partial charge in [-0.3, -0.25) is 4.79 Å². The van der Waals surface area contributed by atoms with E-state index in [1.807, 2.05) is 0 Å². The van der Waals surface area contributed by atoms with Gasteiger partial charge >= 0.3 is 5.97 Å². The van der Waals surface area contributed by atoms with E-state index in [2.05, 4.69) is 0 Å². The molecular weight excluding hydrogens is 224 g/mol. The van der Waals surface area contributed by atoms with Crippen molar-refractivity contribution in [1.82, 2.24) is 0 Å². The van der Waals surface area contributed by atoms with E-state index in [0.717, 1.165) is 0 Å². The van der Waals surface area contributed by atoms with Gasteiger partial charge in [-0.2, -0.15) is 0 Å². The Kier molecular flexibility index (Phi) is 3.87. The van der Waals surface area contributed by atoms with Crippen LogP contribution in [-0.4, -0.2) is 29.1 Å². The van der Waals surface area contributed by atoms with Crippen LogP contribution in [-0.2, 0) is 9.59 Å². The quantitative estimate of drug-likeness (QED) is 0.471. The van der Waals surface area contributed by atoms with Gasteiger partial charge in [-0.05, 0) is 30.7 Å². The van der Waals surface area contributed by atoms with Crippen molar-refractivity contribution >= 4 is 17.5 Å². The van der Waals surface area contributed by atoms with Crippen molar-refractivity contribution in [3.63, 3.8) is 0 Å². The standard InChI is InChI=1S/C12H12O5/c1-7-5-8(17-2)3-4-9(7)10(13)6-11(14)12(15)16/h3-6,13H,1-2H3,(H,15,16). The molecule has 0 spiro atoms. The molecule has 0 saturated carbocycles. The number of carbonyl (C=O) groups excluding carboxylic acids is 1. The van der Waals surface area contributed by atoms with Crippen LogP contribution in [0.4, 0.5) is 0 Å². The first-order valence-corrected chi connectivity index (χ1v) is 4.78. The van der Waals surface area contributed by atoms with E-state index in [0.29, 0.717) is 23.0 Å². The van der Waals surface area contributed by atoms with Crippen molar-refractivity contribution in [3.05, 3.63) is 35.4 Å². The Morgan fingerprint density at radius 2 is 1.94 bits per heavy atom. The number of carboxylic acid groups (broad SMARTS) is 1. The molecule has 1 rings (SSSR count). The van der Waals surface area contributed by atoms with Gasteiger partial charge in [0.2, 0.25) is 0 Å². The molecule has 1 aromatic carbocycles. The minimum Gasteiger partial charge on any atom is -0.507 e. The van der Waals surface area contributed by atoms with Crippen LogP contribution in [0.25, 0.3) is 5.76 Å². The molecule has 0 aliphatic heterocycles. The molecule has 0 atom stereocenters. The largest absolute Gasteiger partial charge is 0.507 e. The lowest BCUT2D eigenvalue weighted by atomic mass is 10.1. The molecule has 0 aliphatic carbocycles. The second kappa shape index (κ2) is 5.16. The second-order valence-electron chi connectivity index (χ2n) is 3.38. The maximum Gasteiger partial charge on any atom is 0.376 e. The van der Waals surface area contributed by atoms with Crippen LogP contribution in [0.5, 0.6) is 5.75 Å². The lowest BCUT2D eigenvalue weighted by Crippen LogP contribution is -2.09. The van der Waals surface area contributed by atoms with Gasteiger partial charge in [-0.1, -0.05) is 0 Å². The fraction of sp³-hybridized carbons (Fsp3) is 0.167. The fourth-order valence-electron chi connectivity index (χ4n) is 1.31. The van der Waals surface area contributed by atoms with Crippen LogP contribution in [0.2, 0.25) is 0 Å². The van der Waals surface area contributed by atoms with Crippen LogP contribution in [0.1, 0.15) is 11.1 Å². The van der Waals surface area contributed by atoms with Crippen molar-refractivity contribution in [3.8, 4) is 5.75 Å². The van der Waals surface area contributed by atoms with Gasteiger partial charge in [0.05, 0.1) is 7.11 Å². The summed E-state index contributed by atoms with van der Waals surface area (Å²) in [6, 6.07) is 4.83. The van der Waals surface area contributed by atoms with E-state index < -0.39 is 11.8 Å². The molecule has 0 saturated heterocycles. The molecule has 0 radical (unpaired) electrons. The highest BCUT2D eigenvalue weighted by Gasteiger charge is 2.12. The third-order valence-electron chi connectivity index (χ3n) is 2.19. The number of aliphatic carboxylic acids is 1. The van der Waals surface area contributed by atoms with Gasteiger partial charge in [0.15, 0.2) is 0 Å². The summed E-state index contributed by atoms with van der Waals surface area (Å²) in [5.74, 6) is -2.54. The van der Waals surface area contributed by atoms with E-state index in [1.54, 1.807) is 25.1 Å². The normalized spacial score (nSPS) is 11.1. The highest BCUT2D eigenvalue weighted by Crippen LogP contribution is 2.21. The Morgan fingerprint density at radius 1 is 1.29 bits per heavy atom. The summed E-state index contributed by atoms with van der Waals surface area (Å²) in [5.41, 5.74) is 1.07. The zero-order valence-electron chi connectivity index (χ0n) is 9.43. The number of ketones is 1. The number of aryl methyl sites for hydroxylation is 1. The van der Waals surface area contributed by atoms with Crippen molar-refractivity contribution in [2.24, 2.45) is 0 Å². The molecule has 1 aromatic rings. The van der Waals surface area contributed by atoms with E-state index in [4.69, 9.17) is 9.84 Å². The predicted octanol–water partition coefficient (Wildman–Crippen LogP) is 1.56. The Hall–Kier alpha value is -2.30. The predicted molar refractivity (Wildman–Crippen MR) is 61.0 cm³/mol. The van der Waals surface area contributed by atoms with E-state index in [9.17, 15) is 14.7 Å². The number of hydrogen-bond donors (Lipinski definition) is 2. The lowest BCUT2D eigenvalue weighted by molar-refractivity contribution is -0.146. The van der Waals surface area contributed by atoms with Crippen LogP contribution in [0.3, 0.4) is 0 Å². The van der Waals surface area contributed by atoms with Gasteiger partial charge in [-0.25, -0.2) is 4.79 Å². The maximum absolute atomic E-state index is 10.9. The zero-order valence-corrected chi connectivity index (χ0v) is 9.43. The molecule has 0 amide bonds. The van der Waals surface area contributed by atoms with E-state index in [1.165, 1.54) is 7.11 Å². The number of benzene rings is 1. The van der Waals surface area contributed by atoms with E-state index in [-0.39, 0.29) is 5.76 Å². The number of aliphatic hydroxyl groups is 1. The summed E-state index contributed by atoms with van der Waals surface area (Å²) in [7, 11) is 1.51. The Bertz CT molecular complexity index is 488. The number of carbonyl (C=O) groups is 2. The first-order chi connectivity index (χ1) is 7.95. The highest BCUT2D eigenvalue weighted by molar-refractivity contribution is 6.38. The number of aliphatic hydroxyl groups excluding tert-OH is 1. The van der Waals surface area contributed by atoms with Gasteiger partial charge in [0.25, 0.3) is 5.78 Å².